The first-order valence-corrected chi connectivity index (χ1v) is 7.58. The third kappa shape index (κ3) is 5.35. The van der Waals surface area contributed by atoms with Crippen molar-refractivity contribution in [2.45, 2.75) is 18.4 Å². The quantitative estimate of drug-likeness (QED) is 0.685. The van der Waals surface area contributed by atoms with Gasteiger partial charge in [0.15, 0.2) is 0 Å². The van der Waals surface area contributed by atoms with Gasteiger partial charge in [-0.3, -0.25) is 9.59 Å². The summed E-state index contributed by atoms with van der Waals surface area (Å²) < 4.78 is 5.20. The van der Waals surface area contributed by atoms with Crippen molar-refractivity contribution >= 4 is 35.8 Å². The first kappa shape index (κ1) is 19.7. The van der Waals surface area contributed by atoms with E-state index < -0.39 is 5.54 Å². The molecule has 0 bridgehead atoms. The van der Waals surface area contributed by atoms with Crippen LogP contribution in [0.5, 0.6) is 0 Å². The number of rotatable bonds is 5. The van der Waals surface area contributed by atoms with Gasteiger partial charge in [0.05, 0.1) is 16.1 Å². The van der Waals surface area contributed by atoms with Crippen molar-refractivity contribution in [3.05, 3.63) is 34.9 Å². The molecule has 1 saturated heterocycles. The molecule has 23 heavy (non-hydrogen) atoms. The highest BCUT2D eigenvalue weighted by atomic mass is 35.5. The Labute approximate surface area is 146 Å². The molecular weight excluding hydrogens is 341 g/mol. The van der Waals surface area contributed by atoms with Crippen molar-refractivity contribution < 1.29 is 14.3 Å². The maximum absolute atomic E-state index is 12.1. The zero-order chi connectivity index (χ0) is 16.0. The van der Waals surface area contributed by atoms with Crippen LogP contribution in [0, 0.1) is 0 Å². The molecule has 0 aromatic heterocycles. The summed E-state index contributed by atoms with van der Waals surface area (Å²) in [6.45, 7) is 1.61. The summed E-state index contributed by atoms with van der Waals surface area (Å²) in [6, 6.07) is 6.80. The molecule has 4 N–H and O–H groups in total. The van der Waals surface area contributed by atoms with Gasteiger partial charge in [-0.15, -0.1) is 12.4 Å². The third-order valence-electron chi connectivity index (χ3n) is 3.65. The average molecular weight is 362 g/mol. The first-order valence-electron chi connectivity index (χ1n) is 7.20. The fourth-order valence-corrected chi connectivity index (χ4v) is 2.45. The predicted octanol–water partition coefficient (Wildman–Crippen LogP) is 1.12. The van der Waals surface area contributed by atoms with Crippen LogP contribution in [0.2, 0.25) is 5.02 Å². The van der Waals surface area contributed by atoms with E-state index in [-0.39, 0.29) is 24.2 Å². The molecule has 1 heterocycles. The Kier molecular flexibility index (Phi) is 7.78. The van der Waals surface area contributed by atoms with Gasteiger partial charge >= 0.3 is 0 Å². The fourth-order valence-electron chi connectivity index (χ4n) is 2.23. The van der Waals surface area contributed by atoms with Crippen molar-refractivity contribution in [1.82, 2.24) is 10.6 Å². The summed E-state index contributed by atoms with van der Waals surface area (Å²) in [5.41, 5.74) is 5.60. The molecule has 0 unspecified atom stereocenters. The van der Waals surface area contributed by atoms with E-state index in [0.29, 0.717) is 49.7 Å². The second-order valence-corrected chi connectivity index (χ2v) is 5.67. The number of ether oxygens (including phenoxy) is 1. The molecule has 0 atom stereocenters. The van der Waals surface area contributed by atoms with Crippen LogP contribution >= 0.6 is 24.0 Å². The van der Waals surface area contributed by atoms with Crippen molar-refractivity contribution in [3.8, 4) is 0 Å². The Morgan fingerprint density at radius 1 is 1.17 bits per heavy atom. The largest absolute Gasteiger partial charge is 0.381 e. The van der Waals surface area contributed by atoms with E-state index in [9.17, 15) is 9.59 Å². The lowest BCUT2D eigenvalue weighted by Gasteiger charge is -2.31. The average Bonchev–Trinajstić information content (AvgIpc) is 2.52. The number of halogens is 2. The lowest BCUT2D eigenvalue weighted by molar-refractivity contribution is -0.129. The summed E-state index contributed by atoms with van der Waals surface area (Å²) >= 11 is 5.94. The number of benzene rings is 1. The van der Waals surface area contributed by atoms with E-state index >= 15 is 0 Å². The summed E-state index contributed by atoms with van der Waals surface area (Å²) in [7, 11) is 0. The van der Waals surface area contributed by atoms with Gasteiger partial charge in [0.25, 0.3) is 5.91 Å². The molecule has 1 aliphatic heterocycles. The lowest BCUT2D eigenvalue weighted by Crippen LogP contribution is -2.57. The monoisotopic (exact) mass is 361 g/mol. The normalized spacial score (nSPS) is 16.1. The molecule has 0 aliphatic carbocycles. The van der Waals surface area contributed by atoms with Gasteiger partial charge in [-0.1, -0.05) is 23.7 Å². The number of carbonyl (C=O) groups excluding carboxylic acids is 2. The number of carbonyl (C=O) groups is 2. The SMILES string of the molecule is Cl.NC1(C(=O)NCCNC(=O)c2ccccc2Cl)CCOCC1. The molecule has 1 aromatic rings. The topological polar surface area (TPSA) is 93.5 Å². The number of amides is 2. The van der Waals surface area contributed by atoms with E-state index in [2.05, 4.69) is 10.6 Å². The molecule has 1 aliphatic rings. The second-order valence-electron chi connectivity index (χ2n) is 5.26. The van der Waals surface area contributed by atoms with Crippen LogP contribution in [0.25, 0.3) is 0 Å². The number of hydrogen-bond acceptors (Lipinski definition) is 4. The van der Waals surface area contributed by atoms with Crippen LogP contribution in [0.4, 0.5) is 0 Å². The van der Waals surface area contributed by atoms with Gasteiger partial charge in [0.2, 0.25) is 5.91 Å². The molecule has 0 saturated carbocycles. The molecule has 128 valence electrons. The van der Waals surface area contributed by atoms with Crippen LogP contribution < -0.4 is 16.4 Å². The number of hydrogen-bond donors (Lipinski definition) is 3. The van der Waals surface area contributed by atoms with Crippen molar-refractivity contribution in [1.29, 1.82) is 0 Å². The number of nitrogens with two attached hydrogens (primary N) is 1. The van der Waals surface area contributed by atoms with Crippen LogP contribution in [-0.4, -0.2) is 43.7 Å². The smallest absolute Gasteiger partial charge is 0.252 e. The lowest BCUT2D eigenvalue weighted by atomic mass is 9.90. The highest BCUT2D eigenvalue weighted by molar-refractivity contribution is 6.33. The Morgan fingerprint density at radius 3 is 2.43 bits per heavy atom. The third-order valence-corrected chi connectivity index (χ3v) is 3.98. The second kappa shape index (κ2) is 9.08. The van der Waals surface area contributed by atoms with Crippen molar-refractivity contribution in [2.24, 2.45) is 5.73 Å². The molecule has 0 radical (unpaired) electrons. The minimum atomic E-state index is -0.870. The van der Waals surface area contributed by atoms with E-state index in [4.69, 9.17) is 22.1 Å². The Bertz CT molecular complexity index is 549. The summed E-state index contributed by atoms with van der Waals surface area (Å²) in [5.74, 6) is -0.476. The van der Waals surface area contributed by atoms with Crippen molar-refractivity contribution in [3.63, 3.8) is 0 Å². The minimum absolute atomic E-state index is 0. The molecular formula is C15H21Cl2N3O3. The van der Waals surface area contributed by atoms with Gasteiger partial charge in [0, 0.05) is 26.3 Å². The highest BCUT2D eigenvalue weighted by Crippen LogP contribution is 2.17. The maximum Gasteiger partial charge on any atom is 0.252 e. The summed E-state index contributed by atoms with van der Waals surface area (Å²) in [6.07, 6.45) is 1.01. The maximum atomic E-state index is 12.1. The van der Waals surface area contributed by atoms with Crippen LogP contribution in [-0.2, 0) is 9.53 Å². The molecule has 6 nitrogen and oxygen atoms in total. The van der Waals surface area contributed by atoms with E-state index in [1.807, 2.05) is 0 Å². The molecule has 1 aromatic carbocycles. The Morgan fingerprint density at radius 2 is 1.78 bits per heavy atom. The van der Waals surface area contributed by atoms with Crippen molar-refractivity contribution in [2.75, 3.05) is 26.3 Å². The fraction of sp³-hybridized carbons (Fsp3) is 0.467. The predicted molar refractivity (Wildman–Crippen MR) is 91.0 cm³/mol. The summed E-state index contributed by atoms with van der Waals surface area (Å²) in [4.78, 5) is 24.0. The molecule has 2 rings (SSSR count). The zero-order valence-electron chi connectivity index (χ0n) is 12.6. The van der Waals surface area contributed by atoms with Gasteiger partial charge in [-0.2, -0.15) is 0 Å². The van der Waals surface area contributed by atoms with Gasteiger partial charge in [0.1, 0.15) is 0 Å². The first-order chi connectivity index (χ1) is 10.5. The van der Waals surface area contributed by atoms with Crippen LogP contribution in [0.15, 0.2) is 24.3 Å². The summed E-state index contributed by atoms with van der Waals surface area (Å²) in [5, 5.41) is 5.85. The minimum Gasteiger partial charge on any atom is -0.381 e. The van der Waals surface area contributed by atoms with E-state index in [1.54, 1.807) is 24.3 Å². The van der Waals surface area contributed by atoms with Gasteiger partial charge < -0.3 is 21.1 Å². The Hall–Kier alpha value is -1.34. The molecule has 1 fully saturated rings. The standard InChI is InChI=1S/C15H20ClN3O3.ClH/c16-12-4-2-1-3-11(12)13(20)18-7-8-19-14(21)15(17)5-9-22-10-6-15;/h1-4H,5-10,17H2,(H,18,20)(H,19,21);1H. The highest BCUT2D eigenvalue weighted by Gasteiger charge is 2.35. The number of nitrogens with one attached hydrogen (secondary N) is 2. The molecule has 0 spiro atoms. The van der Waals surface area contributed by atoms with Crippen LogP contribution in [0.3, 0.4) is 0 Å². The molecule has 8 heteroatoms. The Balaban J connectivity index is 0.00000264. The van der Waals surface area contributed by atoms with E-state index in [0.717, 1.165) is 0 Å². The van der Waals surface area contributed by atoms with Gasteiger partial charge in [-0.05, 0) is 25.0 Å². The van der Waals surface area contributed by atoms with E-state index in [1.165, 1.54) is 0 Å². The zero-order valence-corrected chi connectivity index (χ0v) is 14.2. The molecule has 2 amide bonds. The van der Waals surface area contributed by atoms with Gasteiger partial charge in [-0.25, -0.2) is 0 Å². The van der Waals surface area contributed by atoms with Crippen LogP contribution in [0.1, 0.15) is 23.2 Å².